The number of para-hydroxylation sites is 1. The predicted molar refractivity (Wildman–Crippen MR) is 116 cm³/mol. The first kappa shape index (κ1) is 17.2. The Labute approximate surface area is 166 Å². The highest BCUT2D eigenvalue weighted by atomic mass is 16.5. The number of hydrogen-bond donors (Lipinski definition) is 0. The summed E-state index contributed by atoms with van der Waals surface area (Å²) in [4.78, 5) is 0. The van der Waals surface area contributed by atoms with Crippen LogP contribution >= 0.6 is 0 Å². The van der Waals surface area contributed by atoms with Gasteiger partial charge in [-0.2, -0.15) is 4.57 Å². The van der Waals surface area contributed by atoms with E-state index in [-0.39, 0.29) is 0 Å². The monoisotopic (exact) mass is 368 g/mol. The minimum atomic E-state index is 0.555. The van der Waals surface area contributed by atoms with Gasteiger partial charge in [-0.05, 0) is 54.8 Å². The second kappa shape index (κ2) is 6.07. The molecule has 0 atom stereocenters. The Morgan fingerprint density at radius 1 is 1.00 bits per heavy atom. The van der Waals surface area contributed by atoms with Crippen molar-refractivity contribution in [3.63, 3.8) is 0 Å². The van der Waals surface area contributed by atoms with Crippen molar-refractivity contribution in [2.45, 2.75) is 34.1 Å². The largest absolute Gasteiger partial charge is 0.449 e. The van der Waals surface area contributed by atoms with E-state index >= 15 is 0 Å². The third-order valence-electron chi connectivity index (χ3n) is 6.12. The molecule has 0 aliphatic carbocycles. The number of fused-ring (bicyclic) bond motifs is 3. The van der Waals surface area contributed by atoms with Gasteiger partial charge in [0.2, 0.25) is 11.3 Å². The molecule has 1 aliphatic rings. The molecule has 0 saturated carbocycles. The first-order valence-corrected chi connectivity index (χ1v) is 10.1. The number of hydrogen-bond acceptors (Lipinski definition) is 1. The fourth-order valence-corrected chi connectivity index (χ4v) is 4.71. The van der Waals surface area contributed by atoms with Crippen molar-refractivity contribution in [1.29, 1.82) is 0 Å². The molecule has 2 heterocycles. The first-order valence-electron chi connectivity index (χ1n) is 10.1. The lowest BCUT2D eigenvalue weighted by Gasteiger charge is -2.25. The van der Waals surface area contributed by atoms with Crippen LogP contribution in [0.4, 0.5) is 0 Å². The van der Waals surface area contributed by atoms with Crippen LogP contribution in [0.25, 0.3) is 32.9 Å². The molecule has 2 nitrogen and oxygen atoms in total. The SMILES string of the molecule is Cc1cc2cccc3c2c(c1C)-c1c(c(CC(C)C)c2ccccc2[n+]1C)O3. The number of ether oxygens (including phenoxy) is 1. The van der Waals surface area contributed by atoms with Crippen molar-refractivity contribution in [2.24, 2.45) is 13.0 Å². The molecule has 140 valence electrons. The summed E-state index contributed by atoms with van der Waals surface area (Å²) in [6.45, 7) is 9.01. The van der Waals surface area contributed by atoms with Crippen molar-refractivity contribution in [2.75, 3.05) is 0 Å². The molecule has 0 fully saturated rings. The molecule has 0 saturated heterocycles. The topological polar surface area (TPSA) is 13.1 Å². The minimum absolute atomic E-state index is 0.555. The summed E-state index contributed by atoms with van der Waals surface area (Å²) >= 11 is 0. The Kier molecular flexibility index (Phi) is 3.74. The van der Waals surface area contributed by atoms with E-state index in [1.807, 2.05) is 0 Å². The minimum Gasteiger partial charge on any atom is -0.449 e. The smallest absolute Gasteiger partial charge is 0.257 e. The average Bonchev–Trinajstić information content (AvgIpc) is 2.68. The van der Waals surface area contributed by atoms with Gasteiger partial charge in [0.05, 0.1) is 10.9 Å². The zero-order valence-corrected chi connectivity index (χ0v) is 17.3. The van der Waals surface area contributed by atoms with Crippen LogP contribution in [0.2, 0.25) is 0 Å². The number of rotatable bonds is 2. The Hall–Kier alpha value is -2.87. The normalized spacial score (nSPS) is 12.5. The highest BCUT2D eigenvalue weighted by Crippen LogP contribution is 2.49. The molecular formula is C26H26NO+. The van der Waals surface area contributed by atoms with Crippen LogP contribution in [0.3, 0.4) is 0 Å². The van der Waals surface area contributed by atoms with Crippen molar-refractivity contribution in [3.05, 3.63) is 65.2 Å². The van der Waals surface area contributed by atoms with Crippen molar-refractivity contribution < 1.29 is 9.30 Å². The van der Waals surface area contributed by atoms with Crippen LogP contribution in [0, 0.1) is 19.8 Å². The van der Waals surface area contributed by atoms with Gasteiger partial charge < -0.3 is 4.74 Å². The van der Waals surface area contributed by atoms with Crippen LogP contribution in [0.5, 0.6) is 11.5 Å². The number of pyridine rings is 1. The predicted octanol–water partition coefficient (Wildman–Crippen LogP) is 6.41. The van der Waals surface area contributed by atoms with Gasteiger partial charge in [0.25, 0.3) is 5.69 Å². The maximum Gasteiger partial charge on any atom is 0.257 e. The van der Waals surface area contributed by atoms with Crippen LogP contribution in [-0.4, -0.2) is 0 Å². The highest BCUT2D eigenvalue weighted by Gasteiger charge is 2.34. The molecule has 28 heavy (non-hydrogen) atoms. The van der Waals surface area contributed by atoms with Gasteiger partial charge in [-0.15, -0.1) is 0 Å². The summed E-state index contributed by atoms with van der Waals surface area (Å²) in [6, 6.07) is 17.4. The summed E-state index contributed by atoms with van der Waals surface area (Å²) < 4.78 is 8.97. The number of nitrogens with zero attached hydrogens (tertiary/aromatic N) is 1. The molecule has 0 radical (unpaired) electrons. The fraction of sp³-hybridized carbons (Fsp3) is 0.269. The molecule has 1 aliphatic heterocycles. The highest BCUT2D eigenvalue weighted by molar-refractivity contribution is 6.05. The molecule has 5 rings (SSSR count). The van der Waals surface area contributed by atoms with E-state index in [1.165, 1.54) is 49.6 Å². The number of aryl methyl sites for hydroxylation is 2. The Morgan fingerprint density at radius 2 is 1.79 bits per heavy atom. The lowest BCUT2D eigenvalue weighted by Crippen LogP contribution is -2.34. The summed E-state index contributed by atoms with van der Waals surface area (Å²) in [7, 11) is 2.17. The lowest BCUT2D eigenvalue weighted by molar-refractivity contribution is -0.633. The molecule has 0 amide bonds. The molecule has 0 bridgehead atoms. The molecule has 3 aromatic carbocycles. The molecule has 2 heteroatoms. The molecule has 1 aromatic heterocycles. The quantitative estimate of drug-likeness (QED) is 0.328. The van der Waals surface area contributed by atoms with Crippen LogP contribution in [0.1, 0.15) is 30.5 Å². The van der Waals surface area contributed by atoms with Crippen LogP contribution < -0.4 is 9.30 Å². The maximum atomic E-state index is 6.64. The summed E-state index contributed by atoms with van der Waals surface area (Å²) in [5.74, 6) is 2.56. The molecule has 0 unspecified atom stereocenters. The van der Waals surface area contributed by atoms with E-state index < -0.39 is 0 Å². The lowest BCUT2D eigenvalue weighted by atomic mass is 9.88. The van der Waals surface area contributed by atoms with E-state index in [0.29, 0.717) is 5.92 Å². The summed E-state index contributed by atoms with van der Waals surface area (Å²) in [5, 5.41) is 3.78. The zero-order chi connectivity index (χ0) is 19.6. The van der Waals surface area contributed by atoms with Gasteiger partial charge >= 0.3 is 0 Å². The zero-order valence-electron chi connectivity index (χ0n) is 17.3. The van der Waals surface area contributed by atoms with Crippen molar-refractivity contribution in [1.82, 2.24) is 0 Å². The summed E-state index contributed by atoms with van der Waals surface area (Å²) in [6.07, 6.45) is 1.000. The first-order chi connectivity index (χ1) is 13.5. The number of aromatic nitrogens is 1. The standard InChI is InChI=1S/C26H26NO/c1-15(2)13-20-19-10-6-7-11-21(19)27(5)25-23-17(4)16(3)14-18-9-8-12-22(24(18)23)28-26(20)25/h6-12,14-15H,13H2,1-5H3/q+1. The van der Waals surface area contributed by atoms with E-state index in [9.17, 15) is 0 Å². The third kappa shape index (κ3) is 2.30. The Balaban J connectivity index is 2.01. The second-order valence-electron chi connectivity index (χ2n) is 8.48. The average molecular weight is 369 g/mol. The van der Waals surface area contributed by atoms with E-state index in [0.717, 1.165) is 17.9 Å². The maximum absolute atomic E-state index is 6.64. The summed E-state index contributed by atoms with van der Waals surface area (Å²) in [5.41, 5.74) is 7.78. The van der Waals surface area contributed by atoms with Gasteiger partial charge in [0.1, 0.15) is 12.8 Å². The Bertz CT molecular complexity index is 1270. The van der Waals surface area contributed by atoms with Crippen molar-refractivity contribution in [3.8, 4) is 22.8 Å². The fourth-order valence-electron chi connectivity index (χ4n) is 4.71. The Morgan fingerprint density at radius 3 is 2.57 bits per heavy atom. The van der Waals surface area contributed by atoms with Gasteiger partial charge in [-0.3, -0.25) is 0 Å². The van der Waals surface area contributed by atoms with Gasteiger partial charge in [0.15, 0.2) is 0 Å². The molecule has 0 spiro atoms. The van der Waals surface area contributed by atoms with Gasteiger partial charge in [-0.25, -0.2) is 0 Å². The number of benzene rings is 3. The molecule has 4 aromatic rings. The van der Waals surface area contributed by atoms with Crippen LogP contribution in [-0.2, 0) is 13.5 Å². The van der Waals surface area contributed by atoms with Crippen LogP contribution in [0.15, 0.2) is 48.5 Å². The van der Waals surface area contributed by atoms with E-state index in [1.54, 1.807) is 0 Å². The van der Waals surface area contributed by atoms with Crippen molar-refractivity contribution >= 4 is 21.7 Å². The third-order valence-corrected chi connectivity index (χ3v) is 6.12. The van der Waals surface area contributed by atoms with E-state index in [2.05, 4.69) is 87.8 Å². The van der Waals surface area contributed by atoms with Gasteiger partial charge in [-0.1, -0.05) is 44.2 Å². The van der Waals surface area contributed by atoms with Gasteiger partial charge in [0, 0.05) is 17.0 Å². The molecule has 0 N–H and O–H groups in total. The molecular weight excluding hydrogens is 342 g/mol. The van der Waals surface area contributed by atoms with E-state index in [4.69, 9.17) is 4.74 Å². The second-order valence-corrected chi connectivity index (χ2v) is 8.48.